The highest BCUT2D eigenvalue weighted by atomic mass is 32.1. The number of carbonyl (C=O) groups excluding carboxylic acids is 4. The van der Waals surface area contributed by atoms with Crippen molar-refractivity contribution in [1.82, 2.24) is 45.3 Å². The summed E-state index contributed by atoms with van der Waals surface area (Å²) in [5.41, 5.74) is 6.11. The standard InChI is InChI=1S/C59H73N11O9S/c1-4-11-44(5-2)40-60-57(73)56(53-41-61-66-55(53)46-12-7-6-8-13-46)70(50-19-20-50)54(72)25-16-45-14-21-51(22-15-45)78-32-10-9-28-68(3)29-34-76-37-36-75-33-27-48-42-69(67-65-48)30-35-77-38-39-79-52-23-17-47(18-24-52)62-58(74)64-59-63-49(26-31-71)43-80-59/h4-8,11-15,17-18,21-24,31,41-43,50,56H,1-2,9-10,16,19-20,25-30,32-40H2,3H3,(H,60,73)(H,61,66)(H2,62,63,64,74)/b44-11+. The molecular formula is C59H73N11O9S. The van der Waals surface area contributed by atoms with E-state index in [4.69, 9.17) is 23.7 Å². The Morgan fingerprint density at radius 3 is 2.33 bits per heavy atom. The van der Waals surface area contributed by atoms with Gasteiger partial charge in [0.05, 0.1) is 76.1 Å². The number of hydrogen-bond acceptors (Lipinski definition) is 15. The molecule has 1 aliphatic carbocycles. The number of rotatable bonds is 38. The fraction of sp³-hybridized carbons (Fsp3) is 0.390. The predicted molar refractivity (Wildman–Crippen MR) is 308 cm³/mol. The minimum absolute atomic E-state index is 0.0363. The van der Waals surface area contributed by atoms with Crippen molar-refractivity contribution in [2.24, 2.45) is 0 Å². The fourth-order valence-corrected chi connectivity index (χ4v) is 9.14. The van der Waals surface area contributed by atoms with E-state index >= 15 is 0 Å². The summed E-state index contributed by atoms with van der Waals surface area (Å²) in [4.78, 5) is 59.4. The van der Waals surface area contributed by atoms with Crippen LogP contribution >= 0.6 is 11.3 Å². The quantitative estimate of drug-likeness (QED) is 0.0163. The third-order valence-corrected chi connectivity index (χ3v) is 13.6. The van der Waals surface area contributed by atoms with E-state index in [1.807, 2.05) is 60.8 Å². The van der Waals surface area contributed by atoms with E-state index in [-0.39, 0.29) is 37.2 Å². The van der Waals surface area contributed by atoms with Crippen molar-refractivity contribution in [3.63, 3.8) is 0 Å². The number of allylic oxidation sites excluding steroid dienone is 2. The molecule has 0 bridgehead atoms. The molecule has 1 atom stereocenters. The van der Waals surface area contributed by atoms with E-state index in [9.17, 15) is 19.2 Å². The summed E-state index contributed by atoms with van der Waals surface area (Å²) in [7, 11) is 2.09. The maximum absolute atomic E-state index is 14.2. The van der Waals surface area contributed by atoms with Crippen LogP contribution < -0.4 is 25.4 Å². The molecule has 21 heteroatoms. The van der Waals surface area contributed by atoms with Crippen molar-refractivity contribution in [1.29, 1.82) is 0 Å². The summed E-state index contributed by atoms with van der Waals surface area (Å²) in [6, 6.07) is 23.3. The number of ether oxygens (including phenoxy) is 5. The number of likely N-dealkylation sites (N-methyl/N-ethyl adjacent to an activating group) is 1. The normalized spacial score (nSPS) is 12.7. The number of thiazole rings is 1. The number of aldehydes is 1. The molecule has 3 aromatic carbocycles. The molecule has 424 valence electrons. The highest BCUT2D eigenvalue weighted by molar-refractivity contribution is 7.14. The van der Waals surface area contributed by atoms with Gasteiger partial charge in [-0.15, -0.1) is 16.4 Å². The lowest BCUT2D eigenvalue weighted by Crippen LogP contribution is -2.45. The summed E-state index contributed by atoms with van der Waals surface area (Å²) in [6.45, 7) is 14.1. The van der Waals surface area contributed by atoms with E-state index in [1.165, 1.54) is 11.3 Å². The van der Waals surface area contributed by atoms with E-state index in [1.54, 1.807) is 63.7 Å². The average molecular weight is 1110 g/mol. The molecule has 6 aromatic rings. The number of nitrogens with one attached hydrogen (secondary N) is 4. The SMILES string of the molecule is C=C/C=C(\C=C)CNC(=O)C(c1cn[nH]c1-c1ccccc1)N(C(=O)CCc1ccc(OCCCCN(C)CCOCCOCCc2cn(CCOCCOc3ccc(NC(=O)Nc4nc(CC=O)cs4)cc3)nn2)cc1)C1CC1. The second kappa shape index (κ2) is 32.9. The molecule has 4 N–H and O–H groups in total. The number of carbonyl (C=O) groups is 4. The smallest absolute Gasteiger partial charge is 0.325 e. The Balaban J connectivity index is 0.691. The predicted octanol–water partition coefficient (Wildman–Crippen LogP) is 8.05. The molecule has 1 saturated carbocycles. The molecule has 80 heavy (non-hydrogen) atoms. The number of aromatic amines is 1. The number of H-pyrrole nitrogens is 1. The Kier molecular flexibility index (Phi) is 24.6. The van der Waals surface area contributed by atoms with Gasteiger partial charge in [-0.1, -0.05) is 79.1 Å². The lowest BCUT2D eigenvalue weighted by atomic mass is 9.99. The molecule has 1 fully saturated rings. The van der Waals surface area contributed by atoms with Gasteiger partial charge in [0.2, 0.25) is 11.8 Å². The van der Waals surface area contributed by atoms with Crippen LogP contribution in [-0.4, -0.2) is 150 Å². The van der Waals surface area contributed by atoms with Crippen LogP contribution in [0.25, 0.3) is 11.3 Å². The van der Waals surface area contributed by atoms with Crippen LogP contribution in [0.4, 0.5) is 15.6 Å². The Bertz CT molecular complexity index is 2890. The number of amides is 4. The van der Waals surface area contributed by atoms with Gasteiger partial charge in [-0.3, -0.25) is 20.0 Å². The van der Waals surface area contributed by atoms with E-state index in [2.05, 4.69) is 66.5 Å². The largest absolute Gasteiger partial charge is 0.494 e. The zero-order valence-corrected chi connectivity index (χ0v) is 46.3. The van der Waals surface area contributed by atoms with Crippen LogP contribution in [0.15, 0.2) is 134 Å². The lowest BCUT2D eigenvalue weighted by molar-refractivity contribution is -0.141. The van der Waals surface area contributed by atoms with Gasteiger partial charge in [0, 0.05) is 61.2 Å². The third-order valence-electron chi connectivity index (χ3n) is 12.8. The van der Waals surface area contributed by atoms with Gasteiger partial charge in [0.1, 0.15) is 30.4 Å². The number of urea groups is 1. The number of aryl methyl sites for hydroxylation is 1. The Hall–Kier alpha value is -7.82. The molecule has 0 radical (unpaired) electrons. The number of hydrogen-bond donors (Lipinski definition) is 4. The third kappa shape index (κ3) is 20.1. The fourth-order valence-electron chi connectivity index (χ4n) is 8.42. The lowest BCUT2D eigenvalue weighted by Gasteiger charge is -2.31. The zero-order valence-electron chi connectivity index (χ0n) is 45.5. The van der Waals surface area contributed by atoms with Gasteiger partial charge in [0.25, 0.3) is 0 Å². The second-order valence-corrected chi connectivity index (χ2v) is 19.8. The highest BCUT2D eigenvalue weighted by Crippen LogP contribution is 2.38. The van der Waals surface area contributed by atoms with Crippen LogP contribution in [-0.2, 0) is 54.4 Å². The maximum atomic E-state index is 14.2. The van der Waals surface area contributed by atoms with Crippen molar-refractivity contribution < 1.29 is 42.9 Å². The zero-order chi connectivity index (χ0) is 56.2. The Morgan fingerprint density at radius 2 is 1.57 bits per heavy atom. The number of aromatic nitrogens is 6. The van der Waals surface area contributed by atoms with Gasteiger partial charge < -0.3 is 48.9 Å². The van der Waals surface area contributed by atoms with Crippen molar-refractivity contribution in [3.8, 4) is 22.8 Å². The van der Waals surface area contributed by atoms with Crippen molar-refractivity contribution in [3.05, 3.63) is 156 Å². The summed E-state index contributed by atoms with van der Waals surface area (Å²) >= 11 is 1.25. The molecule has 3 heterocycles. The molecule has 0 aliphatic heterocycles. The summed E-state index contributed by atoms with van der Waals surface area (Å²) in [6.07, 6.45) is 14.7. The molecule has 1 unspecified atom stereocenters. The summed E-state index contributed by atoms with van der Waals surface area (Å²) < 4.78 is 30.9. The molecule has 0 spiro atoms. The van der Waals surface area contributed by atoms with Crippen molar-refractivity contribution >= 4 is 46.3 Å². The average Bonchev–Trinajstić information content (AvgIpc) is 3.86. The Labute approximate surface area is 471 Å². The van der Waals surface area contributed by atoms with Gasteiger partial charge in [0.15, 0.2) is 5.13 Å². The first-order valence-corrected chi connectivity index (χ1v) is 27.9. The number of nitrogens with zero attached hydrogens (tertiary/aromatic N) is 7. The maximum Gasteiger partial charge on any atom is 0.325 e. The monoisotopic (exact) mass is 1110 g/mol. The second-order valence-electron chi connectivity index (χ2n) is 18.9. The first-order valence-electron chi connectivity index (χ1n) is 27.0. The highest BCUT2D eigenvalue weighted by Gasteiger charge is 2.42. The number of benzene rings is 3. The molecule has 0 saturated heterocycles. The molecule has 1 aliphatic rings. The van der Waals surface area contributed by atoms with Crippen LogP contribution in [0.3, 0.4) is 0 Å². The van der Waals surface area contributed by atoms with Crippen LogP contribution in [0.5, 0.6) is 11.5 Å². The number of unbranched alkanes of at least 4 members (excludes halogenated alkanes) is 1. The van der Waals surface area contributed by atoms with Crippen LogP contribution in [0.1, 0.15) is 60.7 Å². The Morgan fingerprint density at radius 1 is 0.838 bits per heavy atom. The van der Waals surface area contributed by atoms with Gasteiger partial charge in [-0.05, 0) is 98.8 Å². The van der Waals surface area contributed by atoms with Gasteiger partial charge in [-0.2, -0.15) is 5.10 Å². The van der Waals surface area contributed by atoms with Crippen LogP contribution in [0, 0.1) is 0 Å². The minimum atomic E-state index is -0.870. The minimum Gasteiger partial charge on any atom is -0.494 e. The molecule has 7 rings (SSSR count). The summed E-state index contributed by atoms with van der Waals surface area (Å²) in [5, 5.41) is 26.4. The van der Waals surface area contributed by atoms with Crippen molar-refractivity contribution in [2.45, 2.75) is 70.0 Å². The topological polar surface area (TPSA) is 229 Å². The first kappa shape index (κ1) is 59.8. The van der Waals surface area contributed by atoms with Crippen molar-refractivity contribution in [2.75, 3.05) is 90.2 Å². The molecule has 3 aromatic heterocycles. The van der Waals surface area contributed by atoms with Gasteiger partial charge >= 0.3 is 6.03 Å². The first-order chi connectivity index (χ1) is 39.2. The molecule has 4 amide bonds. The number of anilines is 2. The van der Waals surface area contributed by atoms with Crippen LogP contribution in [0.2, 0.25) is 0 Å². The van der Waals surface area contributed by atoms with E-state index in [0.29, 0.717) is 106 Å². The van der Waals surface area contributed by atoms with E-state index < -0.39 is 12.1 Å². The molecular weight excluding hydrogens is 1040 g/mol. The molecule has 20 nitrogen and oxygen atoms in total. The summed E-state index contributed by atoms with van der Waals surface area (Å²) in [5.74, 6) is 1.07. The van der Waals surface area contributed by atoms with E-state index in [0.717, 1.165) is 73.2 Å². The van der Waals surface area contributed by atoms with Gasteiger partial charge in [-0.25, -0.2) is 14.5 Å².